The summed E-state index contributed by atoms with van der Waals surface area (Å²) in [7, 11) is 3.11. The Hall–Kier alpha value is -2.64. The van der Waals surface area contributed by atoms with Gasteiger partial charge in [0.15, 0.2) is 5.76 Å². The van der Waals surface area contributed by atoms with E-state index >= 15 is 0 Å². The molecule has 8 heteroatoms. The quantitative estimate of drug-likeness (QED) is 0.573. The number of ether oxygens (including phenoxy) is 2. The normalized spacial score (nSPS) is 10.5. The summed E-state index contributed by atoms with van der Waals surface area (Å²) in [6.45, 7) is 0. The monoisotopic (exact) mass is 404 g/mol. The Bertz CT molecular complexity index is 905. The zero-order chi connectivity index (χ0) is 19.2. The van der Waals surface area contributed by atoms with E-state index in [2.05, 4.69) is 10.3 Å². The lowest BCUT2D eigenvalue weighted by Gasteiger charge is -2.09. The molecular weight excluding hydrogens is 388 g/mol. The van der Waals surface area contributed by atoms with Crippen molar-refractivity contribution < 1.29 is 18.7 Å². The highest BCUT2D eigenvalue weighted by molar-refractivity contribution is 7.99. The van der Waals surface area contributed by atoms with Gasteiger partial charge in [-0.2, -0.15) is 0 Å². The molecule has 1 amide bonds. The average Bonchev–Trinajstić information content (AvgIpc) is 3.15. The summed E-state index contributed by atoms with van der Waals surface area (Å²) in [5, 5.41) is 3.87. The summed E-state index contributed by atoms with van der Waals surface area (Å²) in [5.41, 5.74) is 1.46. The van der Waals surface area contributed by atoms with Gasteiger partial charge in [0, 0.05) is 34.5 Å². The van der Waals surface area contributed by atoms with Crippen molar-refractivity contribution in [2.45, 2.75) is 5.22 Å². The number of oxazole rings is 1. The van der Waals surface area contributed by atoms with Crippen molar-refractivity contribution >= 4 is 35.0 Å². The molecule has 2 aromatic carbocycles. The van der Waals surface area contributed by atoms with Crippen LogP contribution in [0.3, 0.4) is 0 Å². The van der Waals surface area contributed by atoms with Gasteiger partial charge in [-0.15, -0.1) is 0 Å². The van der Waals surface area contributed by atoms with Crippen molar-refractivity contribution in [1.82, 2.24) is 4.98 Å². The predicted molar refractivity (Wildman–Crippen MR) is 106 cm³/mol. The Morgan fingerprint density at radius 1 is 1.15 bits per heavy atom. The number of anilines is 1. The molecule has 27 heavy (non-hydrogen) atoms. The highest BCUT2D eigenvalue weighted by Gasteiger charge is 2.11. The van der Waals surface area contributed by atoms with Gasteiger partial charge in [-0.3, -0.25) is 4.79 Å². The first-order valence-corrected chi connectivity index (χ1v) is 9.31. The molecule has 0 saturated heterocycles. The Morgan fingerprint density at radius 3 is 2.44 bits per heavy atom. The van der Waals surface area contributed by atoms with E-state index in [0.717, 1.165) is 5.56 Å². The van der Waals surface area contributed by atoms with Crippen molar-refractivity contribution in [1.29, 1.82) is 0 Å². The molecular formula is C19H17ClN2O4S. The Morgan fingerprint density at radius 2 is 1.81 bits per heavy atom. The fraction of sp³-hybridized carbons (Fsp3) is 0.158. The van der Waals surface area contributed by atoms with Gasteiger partial charge in [0.1, 0.15) is 11.5 Å². The molecule has 0 aliphatic rings. The van der Waals surface area contributed by atoms with Gasteiger partial charge in [0.25, 0.3) is 5.22 Å². The predicted octanol–water partition coefficient (Wildman–Crippen LogP) is 4.74. The molecule has 0 atom stereocenters. The van der Waals surface area contributed by atoms with Crippen LogP contribution < -0.4 is 14.8 Å². The third kappa shape index (κ3) is 5.18. The number of thioether (sulfide) groups is 1. The summed E-state index contributed by atoms with van der Waals surface area (Å²) in [5.74, 6) is 1.77. The topological polar surface area (TPSA) is 73.6 Å². The number of nitrogens with one attached hydrogen (secondary N) is 1. The molecule has 3 rings (SSSR count). The maximum absolute atomic E-state index is 12.2. The molecule has 0 saturated carbocycles. The highest BCUT2D eigenvalue weighted by Crippen LogP contribution is 2.28. The number of aromatic nitrogens is 1. The molecule has 0 radical (unpaired) electrons. The lowest BCUT2D eigenvalue weighted by atomic mass is 10.2. The molecule has 0 aliphatic carbocycles. The number of benzene rings is 2. The van der Waals surface area contributed by atoms with Crippen LogP contribution in [0.1, 0.15) is 0 Å². The standard InChI is InChI=1S/C19H17ClN2O4S/c1-24-15-7-14(8-16(9-15)25-2)22-18(23)11-27-19-21-10-17(26-19)12-3-5-13(20)6-4-12/h3-10H,11H2,1-2H3,(H,22,23). The van der Waals surface area contributed by atoms with E-state index in [1.54, 1.807) is 50.7 Å². The summed E-state index contributed by atoms with van der Waals surface area (Å²) in [4.78, 5) is 16.4. The van der Waals surface area contributed by atoms with Crippen LogP contribution in [0, 0.1) is 0 Å². The van der Waals surface area contributed by atoms with Crippen LogP contribution in [0.25, 0.3) is 11.3 Å². The minimum Gasteiger partial charge on any atom is -0.497 e. The van der Waals surface area contributed by atoms with Gasteiger partial charge >= 0.3 is 0 Å². The number of hydrogen-bond acceptors (Lipinski definition) is 6. The van der Waals surface area contributed by atoms with Crippen LogP contribution in [-0.2, 0) is 4.79 Å². The summed E-state index contributed by atoms with van der Waals surface area (Å²) >= 11 is 7.09. The molecule has 1 aromatic heterocycles. The number of hydrogen-bond donors (Lipinski definition) is 1. The van der Waals surface area contributed by atoms with Crippen LogP contribution in [-0.4, -0.2) is 30.9 Å². The second-order valence-corrected chi connectivity index (χ2v) is 6.80. The molecule has 0 aliphatic heterocycles. The number of rotatable bonds is 7. The number of methoxy groups -OCH3 is 2. The molecule has 1 N–H and O–H groups in total. The summed E-state index contributed by atoms with van der Waals surface area (Å²) in [6, 6.07) is 12.4. The first-order chi connectivity index (χ1) is 13.1. The zero-order valence-corrected chi connectivity index (χ0v) is 16.3. The second-order valence-electron chi connectivity index (χ2n) is 5.44. The maximum Gasteiger partial charge on any atom is 0.256 e. The number of amides is 1. The molecule has 0 spiro atoms. The fourth-order valence-electron chi connectivity index (χ4n) is 2.28. The van der Waals surface area contributed by atoms with Gasteiger partial charge in [0.2, 0.25) is 5.91 Å². The molecule has 0 fully saturated rings. The molecule has 140 valence electrons. The Labute approximate surface area is 165 Å². The summed E-state index contributed by atoms with van der Waals surface area (Å²) in [6.07, 6.45) is 1.62. The number of halogens is 1. The molecule has 1 heterocycles. The smallest absolute Gasteiger partial charge is 0.256 e. The van der Waals surface area contributed by atoms with Crippen molar-refractivity contribution in [2.24, 2.45) is 0 Å². The first-order valence-electron chi connectivity index (χ1n) is 7.95. The second kappa shape index (κ2) is 8.83. The van der Waals surface area contributed by atoms with E-state index in [0.29, 0.717) is 33.2 Å². The van der Waals surface area contributed by atoms with Crippen LogP contribution in [0.5, 0.6) is 11.5 Å². The van der Waals surface area contributed by atoms with Gasteiger partial charge in [0.05, 0.1) is 26.2 Å². The lowest BCUT2D eigenvalue weighted by molar-refractivity contribution is -0.113. The minimum atomic E-state index is -0.193. The van der Waals surface area contributed by atoms with Gasteiger partial charge in [-0.25, -0.2) is 4.98 Å². The lowest BCUT2D eigenvalue weighted by Crippen LogP contribution is -2.14. The summed E-state index contributed by atoms with van der Waals surface area (Å²) < 4.78 is 16.1. The largest absolute Gasteiger partial charge is 0.497 e. The maximum atomic E-state index is 12.2. The molecule has 0 bridgehead atoms. The van der Waals surface area contributed by atoms with E-state index in [9.17, 15) is 4.79 Å². The molecule has 3 aromatic rings. The molecule has 6 nitrogen and oxygen atoms in total. The van der Waals surface area contributed by atoms with Gasteiger partial charge < -0.3 is 19.2 Å². The Kier molecular flexibility index (Phi) is 6.26. The van der Waals surface area contributed by atoms with Crippen LogP contribution in [0.4, 0.5) is 5.69 Å². The first kappa shape index (κ1) is 19.1. The van der Waals surface area contributed by atoms with Crippen LogP contribution >= 0.6 is 23.4 Å². The van der Waals surface area contributed by atoms with Crippen molar-refractivity contribution in [3.63, 3.8) is 0 Å². The van der Waals surface area contributed by atoms with Crippen molar-refractivity contribution in [3.8, 4) is 22.8 Å². The minimum absolute atomic E-state index is 0.153. The van der Waals surface area contributed by atoms with Crippen molar-refractivity contribution in [2.75, 3.05) is 25.3 Å². The van der Waals surface area contributed by atoms with Crippen LogP contribution in [0.15, 0.2) is 58.3 Å². The van der Waals surface area contributed by atoms with Crippen LogP contribution in [0.2, 0.25) is 5.02 Å². The highest BCUT2D eigenvalue weighted by atomic mass is 35.5. The average molecular weight is 405 g/mol. The third-order valence-corrected chi connectivity index (χ3v) is 4.67. The Balaban J connectivity index is 1.59. The van der Waals surface area contributed by atoms with E-state index < -0.39 is 0 Å². The third-order valence-electron chi connectivity index (χ3n) is 3.58. The SMILES string of the molecule is COc1cc(NC(=O)CSc2ncc(-c3ccc(Cl)cc3)o2)cc(OC)c1. The number of carbonyl (C=O) groups excluding carboxylic acids is 1. The van der Waals surface area contributed by atoms with E-state index in [4.69, 9.17) is 25.5 Å². The number of nitrogens with zero attached hydrogens (tertiary/aromatic N) is 1. The van der Waals surface area contributed by atoms with Gasteiger partial charge in [-0.1, -0.05) is 23.4 Å². The van der Waals surface area contributed by atoms with Crippen molar-refractivity contribution in [3.05, 3.63) is 53.7 Å². The zero-order valence-electron chi connectivity index (χ0n) is 14.7. The van der Waals surface area contributed by atoms with E-state index in [1.807, 2.05) is 12.1 Å². The van der Waals surface area contributed by atoms with Gasteiger partial charge in [-0.05, 0) is 24.3 Å². The van der Waals surface area contributed by atoms with E-state index in [-0.39, 0.29) is 11.7 Å². The number of carbonyl (C=O) groups is 1. The van der Waals surface area contributed by atoms with E-state index in [1.165, 1.54) is 11.8 Å². The fourth-order valence-corrected chi connectivity index (χ4v) is 3.01. The molecule has 0 unspecified atom stereocenters.